The summed E-state index contributed by atoms with van der Waals surface area (Å²) >= 11 is 0. The average molecular weight is 379 g/mol. The van der Waals surface area contributed by atoms with Gasteiger partial charge in [-0.25, -0.2) is 13.6 Å². The number of hydrogen-bond donors (Lipinski definition) is 0. The summed E-state index contributed by atoms with van der Waals surface area (Å²) in [5, 5.41) is 8.77. The van der Waals surface area contributed by atoms with Gasteiger partial charge in [0.25, 0.3) is 0 Å². The van der Waals surface area contributed by atoms with Crippen molar-refractivity contribution >= 4 is 11.5 Å². The van der Waals surface area contributed by atoms with Crippen LogP contribution in [-0.2, 0) is 0 Å². The van der Waals surface area contributed by atoms with E-state index in [1.165, 1.54) is 42.0 Å². The fraction of sp³-hybridized carbons (Fsp3) is 0.217. The molecule has 0 atom stereocenters. The number of esters is 1. The largest absolute Gasteiger partial charge is 0.423 e. The molecule has 0 spiro atoms. The van der Waals surface area contributed by atoms with Crippen LogP contribution in [0.25, 0.3) is 5.57 Å². The summed E-state index contributed by atoms with van der Waals surface area (Å²) in [5.74, 6) is -2.93. The SMILES string of the molecule is CCCC1=CC=C(c2cc(F)c(C(=O)Oc3ccc(C#N)cc3)c(F)c2)CC1. The van der Waals surface area contributed by atoms with E-state index in [-0.39, 0.29) is 5.75 Å². The molecule has 1 aliphatic rings. The third-order valence-electron chi connectivity index (χ3n) is 4.62. The van der Waals surface area contributed by atoms with Crippen LogP contribution in [0.1, 0.15) is 54.1 Å². The highest BCUT2D eigenvalue weighted by atomic mass is 19.1. The Balaban J connectivity index is 1.82. The predicted octanol–water partition coefficient (Wildman–Crippen LogP) is 5.96. The number of carbonyl (C=O) groups is 1. The maximum Gasteiger partial charge on any atom is 0.349 e. The number of carbonyl (C=O) groups excluding carboxylic acids is 1. The van der Waals surface area contributed by atoms with Gasteiger partial charge in [-0.3, -0.25) is 0 Å². The molecule has 0 aliphatic heterocycles. The van der Waals surface area contributed by atoms with Crippen molar-refractivity contribution in [3.8, 4) is 11.8 Å². The van der Waals surface area contributed by atoms with Crippen molar-refractivity contribution in [2.45, 2.75) is 32.6 Å². The van der Waals surface area contributed by atoms with E-state index in [0.29, 0.717) is 17.5 Å². The summed E-state index contributed by atoms with van der Waals surface area (Å²) in [4.78, 5) is 12.2. The molecule has 28 heavy (non-hydrogen) atoms. The van der Waals surface area contributed by atoms with E-state index in [1.807, 2.05) is 18.2 Å². The molecule has 0 fully saturated rings. The van der Waals surface area contributed by atoms with Crippen LogP contribution in [0.2, 0.25) is 0 Å². The summed E-state index contributed by atoms with van der Waals surface area (Å²) in [6.07, 6.45) is 7.55. The quantitative estimate of drug-likeness (QED) is 0.476. The zero-order chi connectivity index (χ0) is 20.1. The molecule has 0 saturated carbocycles. The molecule has 0 unspecified atom stereocenters. The maximum atomic E-state index is 14.5. The third kappa shape index (κ3) is 4.34. The first-order valence-electron chi connectivity index (χ1n) is 9.12. The van der Waals surface area contributed by atoms with Crippen molar-refractivity contribution in [3.05, 3.63) is 82.4 Å². The van der Waals surface area contributed by atoms with E-state index >= 15 is 0 Å². The molecule has 2 aromatic carbocycles. The molecule has 0 amide bonds. The van der Waals surface area contributed by atoms with Crippen LogP contribution in [0.5, 0.6) is 5.75 Å². The van der Waals surface area contributed by atoms with E-state index in [4.69, 9.17) is 10.00 Å². The first-order valence-corrected chi connectivity index (χ1v) is 9.12. The first-order chi connectivity index (χ1) is 13.5. The van der Waals surface area contributed by atoms with Gasteiger partial charge in [0.05, 0.1) is 11.6 Å². The minimum absolute atomic E-state index is 0.107. The molecule has 0 N–H and O–H groups in total. The lowest BCUT2D eigenvalue weighted by molar-refractivity contribution is 0.0724. The Labute approximate surface area is 162 Å². The summed E-state index contributed by atoms with van der Waals surface area (Å²) in [5.41, 5.74) is 2.25. The Morgan fingerprint density at radius 2 is 1.79 bits per heavy atom. The number of allylic oxidation sites excluding steroid dienone is 4. The Hall–Kier alpha value is -3.26. The molecule has 0 saturated heterocycles. The molecule has 0 bridgehead atoms. The number of hydrogen-bond acceptors (Lipinski definition) is 3. The summed E-state index contributed by atoms with van der Waals surface area (Å²) in [6, 6.07) is 9.97. The molecule has 2 aromatic rings. The van der Waals surface area contributed by atoms with Crippen molar-refractivity contribution < 1.29 is 18.3 Å². The van der Waals surface area contributed by atoms with Crippen LogP contribution >= 0.6 is 0 Å². The third-order valence-corrected chi connectivity index (χ3v) is 4.62. The molecule has 0 heterocycles. The maximum absolute atomic E-state index is 14.5. The zero-order valence-corrected chi connectivity index (χ0v) is 15.5. The van der Waals surface area contributed by atoms with Gasteiger partial charge >= 0.3 is 5.97 Å². The fourth-order valence-electron chi connectivity index (χ4n) is 3.16. The Bertz CT molecular complexity index is 975. The minimum atomic E-state index is -1.12. The minimum Gasteiger partial charge on any atom is -0.423 e. The second-order valence-electron chi connectivity index (χ2n) is 6.61. The number of rotatable bonds is 5. The summed E-state index contributed by atoms with van der Waals surface area (Å²) in [6.45, 7) is 2.11. The predicted molar refractivity (Wildman–Crippen MR) is 103 cm³/mol. The van der Waals surface area contributed by atoms with Gasteiger partial charge in [-0.1, -0.05) is 31.1 Å². The molecule has 1 aliphatic carbocycles. The standard InChI is InChI=1S/C23H19F2NO2/c1-2-3-15-4-8-17(9-5-15)18-12-20(24)22(21(25)13-18)23(27)28-19-10-6-16(14-26)7-11-19/h4,6-8,10-13H,2-3,5,9H2,1H3. The highest BCUT2D eigenvalue weighted by Crippen LogP contribution is 2.30. The lowest BCUT2D eigenvalue weighted by Gasteiger charge is -2.15. The Morgan fingerprint density at radius 1 is 1.11 bits per heavy atom. The second-order valence-corrected chi connectivity index (χ2v) is 6.61. The number of ether oxygens (including phenoxy) is 1. The van der Waals surface area contributed by atoms with Crippen molar-refractivity contribution in [1.29, 1.82) is 5.26 Å². The average Bonchev–Trinajstić information content (AvgIpc) is 2.69. The smallest absolute Gasteiger partial charge is 0.349 e. The number of benzene rings is 2. The van der Waals surface area contributed by atoms with Crippen LogP contribution in [0.4, 0.5) is 8.78 Å². The van der Waals surface area contributed by atoms with Gasteiger partial charge in [0.15, 0.2) is 0 Å². The number of nitrogens with zero attached hydrogens (tertiary/aromatic N) is 1. The summed E-state index contributed by atoms with van der Waals surface area (Å²) < 4.78 is 34.1. The van der Waals surface area contributed by atoms with Gasteiger partial charge in [0.2, 0.25) is 0 Å². The van der Waals surface area contributed by atoms with Crippen molar-refractivity contribution in [1.82, 2.24) is 0 Å². The lowest BCUT2D eigenvalue weighted by Crippen LogP contribution is -2.14. The Morgan fingerprint density at radius 3 is 2.32 bits per heavy atom. The van der Waals surface area contributed by atoms with Crippen molar-refractivity contribution in [3.63, 3.8) is 0 Å². The van der Waals surface area contributed by atoms with Crippen LogP contribution in [0.15, 0.2) is 54.1 Å². The highest BCUT2D eigenvalue weighted by molar-refractivity contribution is 5.92. The monoisotopic (exact) mass is 379 g/mol. The normalized spacial score (nSPS) is 13.4. The molecular formula is C23H19F2NO2. The van der Waals surface area contributed by atoms with Crippen molar-refractivity contribution in [2.75, 3.05) is 0 Å². The first kappa shape index (κ1) is 19.5. The van der Waals surface area contributed by atoms with Crippen LogP contribution in [-0.4, -0.2) is 5.97 Å². The fourth-order valence-corrected chi connectivity index (χ4v) is 3.16. The molecule has 3 nitrogen and oxygen atoms in total. The molecule has 0 aromatic heterocycles. The number of halogens is 2. The molecule has 3 rings (SSSR count). The Kier molecular flexibility index (Phi) is 6.00. The van der Waals surface area contributed by atoms with Crippen LogP contribution in [0.3, 0.4) is 0 Å². The highest BCUT2D eigenvalue weighted by Gasteiger charge is 2.22. The van der Waals surface area contributed by atoms with Gasteiger partial charge < -0.3 is 4.74 Å². The van der Waals surface area contributed by atoms with Gasteiger partial charge in [-0.2, -0.15) is 5.26 Å². The van der Waals surface area contributed by atoms with Crippen LogP contribution < -0.4 is 4.74 Å². The van der Waals surface area contributed by atoms with Gasteiger partial charge in [-0.05, 0) is 66.8 Å². The second kappa shape index (κ2) is 8.62. The van der Waals surface area contributed by atoms with E-state index in [9.17, 15) is 13.6 Å². The summed E-state index contributed by atoms with van der Waals surface area (Å²) in [7, 11) is 0. The van der Waals surface area contributed by atoms with Gasteiger partial charge in [-0.15, -0.1) is 0 Å². The van der Waals surface area contributed by atoms with Crippen LogP contribution in [0, 0.1) is 23.0 Å². The van der Waals surface area contributed by atoms with E-state index in [0.717, 1.165) is 24.8 Å². The molecular weight excluding hydrogens is 360 g/mol. The topological polar surface area (TPSA) is 50.1 Å². The lowest BCUT2D eigenvalue weighted by atomic mass is 9.91. The number of nitriles is 1. The van der Waals surface area contributed by atoms with E-state index < -0.39 is 23.2 Å². The van der Waals surface area contributed by atoms with Gasteiger partial charge in [0, 0.05) is 0 Å². The molecule has 5 heteroatoms. The van der Waals surface area contributed by atoms with E-state index in [1.54, 1.807) is 0 Å². The van der Waals surface area contributed by atoms with E-state index in [2.05, 4.69) is 6.92 Å². The molecule has 142 valence electrons. The molecule has 0 radical (unpaired) electrons. The van der Waals surface area contributed by atoms with Gasteiger partial charge in [0.1, 0.15) is 22.9 Å². The van der Waals surface area contributed by atoms with Crippen molar-refractivity contribution in [2.24, 2.45) is 0 Å². The zero-order valence-electron chi connectivity index (χ0n) is 15.5.